The van der Waals surface area contributed by atoms with Gasteiger partial charge in [-0.05, 0) is 41.8 Å². The summed E-state index contributed by atoms with van der Waals surface area (Å²) >= 11 is 6.06. The van der Waals surface area contributed by atoms with Crippen LogP contribution < -0.4 is 5.32 Å². The van der Waals surface area contributed by atoms with Crippen molar-refractivity contribution in [3.8, 4) is 0 Å². The maximum atomic E-state index is 13.5. The molecule has 0 bridgehead atoms. The number of nitrogens with one attached hydrogen (secondary N) is 1. The summed E-state index contributed by atoms with van der Waals surface area (Å²) in [5.41, 5.74) is 1.50. The van der Waals surface area contributed by atoms with Gasteiger partial charge in [0.15, 0.2) is 0 Å². The van der Waals surface area contributed by atoms with Gasteiger partial charge in [0, 0.05) is 6.04 Å². The zero-order chi connectivity index (χ0) is 14.4. The van der Waals surface area contributed by atoms with E-state index in [-0.39, 0.29) is 10.8 Å². The molecule has 19 heavy (non-hydrogen) atoms. The summed E-state index contributed by atoms with van der Waals surface area (Å²) in [5.74, 6) is 0.243. The summed E-state index contributed by atoms with van der Waals surface area (Å²) in [6, 6.07) is 5.37. The van der Waals surface area contributed by atoms with E-state index in [2.05, 4.69) is 33.0 Å². The molecule has 0 saturated heterocycles. The molecule has 1 N–H and O–H groups in total. The highest BCUT2D eigenvalue weighted by Crippen LogP contribution is 2.69. The van der Waals surface area contributed by atoms with Crippen LogP contribution in [0, 0.1) is 22.6 Å². The van der Waals surface area contributed by atoms with Crippen LogP contribution in [0.15, 0.2) is 18.2 Å². The molecule has 1 saturated carbocycles. The van der Waals surface area contributed by atoms with Gasteiger partial charge in [0.05, 0.1) is 5.02 Å². The summed E-state index contributed by atoms with van der Waals surface area (Å²) in [7, 11) is 1.97. The van der Waals surface area contributed by atoms with Crippen LogP contribution in [0.3, 0.4) is 0 Å². The Hall–Kier alpha value is -0.600. The molecule has 0 aromatic heterocycles. The lowest BCUT2D eigenvalue weighted by Gasteiger charge is -2.19. The molecule has 0 aliphatic heterocycles. The second-order valence-electron chi connectivity index (χ2n) is 6.73. The molecule has 1 aromatic carbocycles. The van der Waals surface area contributed by atoms with Crippen molar-refractivity contribution in [2.45, 2.75) is 40.2 Å². The average molecular weight is 284 g/mol. The number of benzene rings is 1. The number of hydrogen-bond donors (Lipinski definition) is 1. The molecule has 1 fully saturated rings. The van der Waals surface area contributed by atoms with Crippen molar-refractivity contribution in [2.24, 2.45) is 16.7 Å². The lowest BCUT2D eigenvalue weighted by Crippen LogP contribution is -2.32. The lowest BCUT2D eigenvalue weighted by molar-refractivity contribution is 0.420. The quantitative estimate of drug-likeness (QED) is 0.869. The zero-order valence-corrected chi connectivity index (χ0v) is 13.1. The fourth-order valence-corrected chi connectivity index (χ4v) is 3.79. The Balaban J connectivity index is 2.20. The maximum absolute atomic E-state index is 13.5. The highest BCUT2D eigenvalue weighted by Gasteiger charge is 2.66. The van der Waals surface area contributed by atoms with Gasteiger partial charge in [0.1, 0.15) is 5.82 Å². The third kappa shape index (κ3) is 2.30. The van der Waals surface area contributed by atoms with Gasteiger partial charge in [-0.3, -0.25) is 0 Å². The van der Waals surface area contributed by atoms with Gasteiger partial charge in [-0.25, -0.2) is 4.39 Å². The fraction of sp³-hybridized carbons (Fsp3) is 0.625. The molecule has 1 atom stereocenters. The summed E-state index contributed by atoms with van der Waals surface area (Å²) in [6.45, 7) is 9.20. The molecule has 106 valence electrons. The van der Waals surface area contributed by atoms with Crippen LogP contribution in [0.2, 0.25) is 5.02 Å². The van der Waals surface area contributed by atoms with E-state index >= 15 is 0 Å². The Morgan fingerprint density at radius 3 is 2.32 bits per heavy atom. The van der Waals surface area contributed by atoms with Gasteiger partial charge in [-0.2, -0.15) is 0 Å². The summed E-state index contributed by atoms with van der Waals surface area (Å²) < 4.78 is 13.5. The van der Waals surface area contributed by atoms with E-state index in [9.17, 15) is 4.39 Å². The first-order valence-corrected chi connectivity index (χ1v) is 7.21. The van der Waals surface area contributed by atoms with Crippen LogP contribution in [0.4, 0.5) is 4.39 Å². The zero-order valence-electron chi connectivity index (χ0n) is 12.3. The SMILES string of the molecule is CNC(Cc1cccc(F)c1Cl)C1C(C)(C)C1(C)C. The first-order chi connectivity index (χ1) is 8.73. The molecule has 0 amide bonds. The molecule has 2 rings (SSSR count). The second kappa shape index (κ2) is 4.75. The van der Waals surface area contributed by atoms with Crippen LogP contribution in [0.5, 0.6) is 0 Å². The van der Waals surface area contributed by atoms with E-state index in [4.69, 9.17) is 11.6 Å². The van der Waals surface area contributed by atoms with E-state index in [1.54, 1.807) is 6.07 Å². The predicted octanol–water partition coefficient (Wildman–Crippen LogP) is 4.29. The molecule has 0 spiro atoms. The van der Waals surface area contributed by atoms with E-state index in [1.165, 1.54) is 6.07 Å². The first kappa shape index (κ1) is 14.8. The number of hydrogen-bond acceptors (Lipinski definition) is 1. The largest absolute Gasteiger partial charge is 0.316 e. The Morgan fingerprint density at radius 2 is 1.84 bits per heavy atom. The van der Waals surface area contributed by atoms with Crippen molar-refractivity contribution in [2.75, 3.05) is 7.05 Å². The summed E-state index contributed by atoms with van der Waals surface area (Å²) in [6.07, 6.45) is 0.768. The molecule has 1 aliphatic rings. The van der Waals surface area contributed by atoms with Crippen LogP contribution in [0.1, 0.15) is 33.3 Å². The van der Waals surface area contributed by atoms with E-state index in [0.29, 0.717) is 22.8 Å². The van der Waals surface area contributed by atoms with Gasteiger partial charge in [0.25, 0.3) is 0 Å². The highest BCUT2D eigenvalue weighted by molar-refractivity contribution is 6.31. The van der Waals surface area contributed by atoms with Crippen LogP contribution in [-0.2, 0) is 6.42 Å². The van der Waals surface area contributed by atoms with Crippen molar-refractivity contribution >= 4 is 11.6 Å². The normalized spacial score (nSPS) is 22.3. The van der Waals surface area contributed by atoms with Crippen molar-refractivity contribution in [3.05, 3.63) is 34.6 Å². The topological polar surface area (TPSA) is 12.0 Å². The van der Waals surface area contributed by atoms with Crippen LogP contribution in [0.25, 0.3) is 0 Å². The highest BCUT2D eigenvalue weighted by atomic mass is 35.5. The van der Waals surface area contributed by atoms with E-state index < -0.39 is 0 Å². The molecule has 0 radical (unpaired) electrons. The van der Waals surface area contributed by atoms with Gasteiger partial charge in [-0.15, -0.1) is 0 Å². The Bertz CT molecular complexity index is 468. The number of halogens is 2. The van der Waals surface area contributed by atoms with Crippen molar-refractivity contribution < 1.29 is 4.39 Å². The smallest absolute Gasteiger partial charge is 0.142 e. The van der Waals surface area contributed by atoms with Crippen LogP contribution >= 0.6 is 11.6 Å². The van der Waals surface area contributed by atoms with E-state index in [0.717, 1.165) is 12.0 Å². The number of rotatable bonds is 4. The average Bonchev–Trinajstić information content (AvgIpc) is 2.73. The second-order valence-corrected chi connectivity index (χ2v) is 7.11. The monoisotopic (exact) mass is 283 g/mol. The third-order valence-electron chi connectivity index (χ3n) is 5.38. The van der Waals surface area contributed by atoms with E-state index in [1.807, 2.05) is 13.1 Å². The summed E-state index contributed by atoms with van der Waals surface area (Å²) in [5, 5.41) is 3.65. The molecule has 1 unspecified atom stereocenters. The molecule has 1 nitrogen and oxygen atoms in total. The van der Waals surface area contributed by atoms with Gasteiger partial charge >= 0.3 is 0 Å². The van der Waals surface area contributed by atoms with Crippen LogP contribution in [-0.4, -0.2) is 13.1 Å². The number of likely N-dealkylation sites (N-methyl/N-ethyl adjacent to an activating group) is 1. The fourth-order valence-electron chi connectivity index (χ4n) is 3.58. The molecular weight excluding hydrogens is 261 g/mol. The van der Waals surface area contributed by atoms with Crippen molar-refractivity contribution in [1.29, 1.82) is 0 Å². The Morgan fingerprint density at radius 1 is 1.26 bits per heavy atom. The van der Waals surface area contributed by atoms with Gasteiger partial charge < -0.3 is 5.32 Å². The lowest BCUT2D eigenvalue weighted by atomic mass is 9.97. The Labute approximate surface area is 120 Å². The molecular formula is C16H23ClFN. The van der Waals surface area contributed by atoms with Crippen molar-refractivity contribution in [3.63, 3.8) is 0 Å². The molecule has 1 aromatic rings. The maximum Gasteiger partial charge on any atom is 0.142 e. The Kier molecular flexibility index (Phi) is 3.70. The minimum atomic E-state index is -0.330. The van der Waals surface area contributed by atoms with Crippen molar-refractivity contribution in [1.82, 2.24) is 5.32 Å². The first-order valence-electron chi connectivity index (χ1n) is 6.83. The summed E-state index contributed by atoms with van der Waals surface area (Å²) in [4.78, 5) is 0. The van der Waals surface area contributed by atoms with Gasteiger partial charge in [-0.1, -0.05) is 51.4 Å². The van der Waals surface area contributed by atoms with Gasteiger partial charge in [0.2, 0.25) is 0 Å². The molecule has 1 aliphatic carbocycles. The molecule has 0 heterocycles. The predicted molar refractivity (Wildman–Crippen MR) is 79.0 cm³/mol. The minimum Gasteiger partial charge on any atom is -0.316 e. The third-order valence-corrected chi connectivity index (χ3v) is 5.80. The standard InChI is InChI=1S/C16H23ClFN/c1-15(2)14(16(15,3)4)12(19-5)9-10-7-6-8-11(18)13(10)17/h6-8,12,14,19H,9H2,1-5H3. The minimum absolute atomic E-state index is 0.263. The molecule has 3 heteroatoms.